The number of carbonyl (C=O) groups is 2. The van der Waals surface area contributed by atoms with Gasteiger partial charge < -0.3 is 26.4 Å². The van der Waals surface area contributed by atoms with Crippen LogP contribution in [0.5, 0.6) is 0 Å². The number of nitrogen functional groups attached to an aromatic ring is 1. The summed E-state index contributed by atoms with van der Waals surface area (Å²) >= 11 is 0.869. The second-order valence-electron chi connectivity index (χ2n) is 9.28. The Morgan fingerprint density at radius 3 is 2.32 bits per heavy atom. The molecule has 0 atom stereocenters. The van der Waals surface area contributed by atoms with E-state index in [2.05, 4.69) is 25.0 Å². The molecule has 0 unspecified atom stereocenters. The molecule has 0 bridgehead atoms. The molecule has 41 heavy (non-hydrogen) atoms. The van der Waals surface area contributed by atoms with Crippen molar-refractivity contribution < 1.29 is 23.1 Å². The van der Waals surface area contributed by atoms with Crippen LogP contribution in [-0.2, 0) is 18.4 Å². The summed E-state index contributed by atoms with van der Waals surface area (Å²) < 4.78 is 34.5. The van der Waals surface area contributed by atoms with E-state index < -0.39 is 23.6 Å². The van der Waals surface area contributed by atoms with Crippen LogP contribution < -0.4 is 21.7 Å². The number of nitrogens with two attached hydrogens (primary N) is 2. The lowest BCUT2D eigenvalue weighted by atomic mass is 10.2. The van der Waals surface area contributed by atoms with E-state index in [0.717, 1.165) is 60.8 Å². The van der Waals surface area contributed by atoms with Crippen LogP contribution in [0.3, 0.4) is 0 Å². The molecule has 3 heterocycles. The number of thiazole rings is 1. The normalized spacial score (nSPS) is 13.1. The Kier molecular flexibility index (Phi) is 9.85. The number of hydrogen-bond acceptors (Lipinski definition) is 8. The fraction of sp³-hybridized carbons (Fsp3) is 0.286. The smallest absolute Gasteiger partial charge is 0.404 e. The van der Waals surface area contributed by atoms with Crippen molar-refractivity contribution in [2.75, 3.05) is 29.0 Å². The van der Waals surface area contributed by atoms with Crippen LogP contribution in [0.1, 0.15) is 41.7 Å². The van der Waals surface area contributed by atoms with E-state index in [1.54, 1.807) is 10.9 Å². The summed E-state index contributed by atoms with van der Waals surface area (Å²) in [5.74, 6) is -1.24. The molecule has 13 heteroatoms. The predicted molar refractivity (Wildman–Crippen MR) is 155 cm³/mol. The topological polar surface area (TPSA) is 141 Å². The molecule has 2 aromatic carbocycles. The number of nitrogens with zero attached hydrogens (tertiary/aromatic N) is 4. The molecule has 10 nitrogen and oxygen atoms in total. The number of anilines is 3. The molecule has 2 aromatic heterocycles. The van der Waals surface area contributed by atoms with Gasteiger partial charge in [-0.05, 0) is 30.5 Å². The number of aromatic nitrogens is 3. The lowest BCUT2D eigenvalue weighted by Gasteiger charge is -2.23. The fourth-order valence-electron chi connectivity index (χ4n) is 4.39. The fourth-order valence-corrected chi connectivity index (χ4v) is 5.27. The standard InChI is InChI=1S/C20H22F2N6OS.C8H9NO2/c1-27-20(28-9-4-2-3-5-10-28)14(11-24-27)25-18(29)16-17(23)30-19(26-16)15-12(21)7-6-8-13(15)22;9-8(10)11-6-7-4-2-1-3-5-7/h6-8,11H,2-5,9-10,23H2,1H3,(H,25,29);1-5H,6H2,(H2,9,10). The lowest BCUT2D eigenvalue weighted by Crippen LogP contribution is -2.27. The van der Waals surface area contributed by atoms with Gasteiger partial charge in [0.2, 0.25) is 0 Å². The van der Waals surface area contributed by atoms with Gasteiger partial charge in [0, 0.05) is 20.1 Å². The number of rotatable bonds is 6. The summed E-state index contributed by atoms with van der Waals surface area (Å²) in [7, 11) is 1.83. The number of primary amides is 1. The van der Waals surface area contributed by atoms with Crippen molar-refractivity contribution in [1.82, 2.24) is 14.8 Å². The molecule has 216 valence electrons. The molecule has 5 rings (SSSR count). The van der Waals surface area contributed by atoms with E-state index in [9.17, 15) is 18.4 Å². The third-order valence-electron chi connectivity index (χ3n) is 6.33. The maximum absolute atomic E-state index is 14.1. The van der Waals surface area contributed by atoms with Crippen molar-refractivity contribution in [2.45, 2.75) is 32.3 Å². The Morgan fingerprint density at radius 2 is 1.68 bits per heavy atom. The number of benzene rings is 2. The molecule has 0 spiro atoms. The summed E-state index contributed by atoms with van der Waals surface area (Å²) in [5.41, 5.74) is 11.9. The van der Waals surface area contributed by atoms with Crippen LogP contribution in [-0.4, -0.2) is 39.9 Å². The third-order valence-corrected chi connectivity index (χ3v) is 7.23. The van der Waals surface area contributed by atoms with Gasteiger partial charge in [-0.2, -0.15) is 5.10 Å². The zero-order valence-electron chi connectivity index (χ0n) is 22.5. The van der Waals surface area contributed by atoms with Gasteiger partial charge in [-0.3, -0.25) is 9.48 Å². The van der Waals surface area contributed by atoms with Gasteiger partial charge in [0.25, 0.3) is 5.91 Å². The highest BCUT2D eigenvalue weighted by Crippen LogP contribution is 2.34. The van der Waals surface area contributed by atoms with E-state index >= 15 is 0 Å². The van der Waals surface area contributed by atoms with Crippen LogP contribution in [0.15, 0.2) is 54.7 Å². The average molecular weight is 584 g/mol. The predicted octanol–water partition coefficient (Wildman–Crippen LogP) is 5.32. The first-order valence-electron chi connectivity index (χ1n) is 13.0. The minimum Gasteiger partial charge on any atom is -0.445 e. The second kappa shape index (κ2) is 13.7. The quantitative estimate of drug-likeness (QED) is 0.279. The van der Waals surface area contributed by atoms with Gasteiger partial charge in [-0.15, -0.1) is 0 Å². The number of amides is 2. The van der Waals surface area contributed by atoms with Gasteiger partial charge >= 0.3 is 6.09 Å². The van der Waals surface area contributed by atoms with Crippen molar-refractivity contribution in [3.05, 3.63) is 77.6 Å². The highest BCUT2D eigenvalue weighted by Gasteiger charge is 2.24. The number of aryl methyl sites for hydroxylation is 1. The van der Waals surface area contributed by atoms with Gasteiger partial charge in [0.1, 0.15) is 33.9 Å². The van der Waals surface area contributed by atoms with Crippen molar-refractivity contribution in [2.24, 2.45) is 12.8 Å². The van der Waals surface area contributed by atoms with Gasteiger partial charge in [0.05, 0.1) is 11.8 Å². The summed E-state index contributed by atoms with van der Waals surface area (Å²) in [5, 5.41) is 7.20. The summed E-state index contributed by atoms with van der Waals surface area (Å²) in [6.45, 7) is 2.02. The number of carbonyl (C=O) groups excluding carboxylic acids is 2. The zero-order chi connectivity index (χ0) is 29.4. The number of halogens is 2. The summed E-state index contributed by atoms with van der Waals surface area (Å²) in [6.07, 6.45) is 5.36. The monoisotopic (exact) mass is 583 g/mol. The summed E-state index contributed by atoms with van der Waals surface area (Å²) in [6, 6.07) is 12.9. The van der Waals surface area contributed by atoms with Crippen LogP contribution in [0, 0.1) is 11.6 Å². The molecule has 1 aliphatic heterocycles. The van der Waals surface area contributed by atoms with E-state index in [4.69, 9.17) is 11.5 Å². The van der Waals surface area contributed by atoms with Crippen LogP contribution in [0.25, 0.3) is 10.6 Å². The number of nitrogens with one attached hydrogen (secondary N) is 1. The largest absolute Gasteiger partial charge is 0.445 e. The van der Waals surface area contributed by atoms with Crippen molar-refractivity contribution >= 4 is 39.8 Å². The molecule has 4 aromatic rings. The average Bonchev–Trinajstić information content (AvgIpc) is 3.38. The summed E-state index contributed by atoms with van der Waals surface area (Å²) in [4.78, 5) is 29.4. The van der Waals surface area contributed by atoms with E-state index in [-0.39, 0.29) is 27.9 Å². The Hall–Kier alpha value is -4.52. The zero-order valence-corrected chi connectivity index (χ0v) is 23.3. The molecule has 0 radical (unpaired) electrons. The van der Waals surface area contributed by atoms with Gasteiger partial charge in [-0.1, -0.05) is 60.6 Å². The molecule has 1 fully saturated rings. The maximum atomic E-state index is 14.1. The van der Waals surface area contributed by atoms with Crippen LogP contribution >= 0.6 is 11.3 Å². The minimum atomic E-state index is -0.758. The number of ether oxygens (including phenoxy) is 1. The minimum absolute atomic E-state index is 0.0205. The molecular formula is C28H31F2N7O3S. The Bertz CT molecular complexity index is 1470. The Labute approximate surface area is 239 Å². The van der Waals surface area contributed by atoms with Gasteiger partial charge in [0.15, 0.2) is 11.5 Å². The first-order chi connectivity index (χ1) is 19.7. The van der Waals surface area contributed by atoms with E-state index in [1.807, 2.05) is 37.4 Å². The molecular weight excluding hydrogens is 552 g/mol. The highest BCUT2D eigenvalue weighted by molar-refractivity contribution is 7.19. The molecule has 2 amide bonds. The van der Waals surface area contributed by atoms with Crippen molar-refractivity contribution in [3.63, 3.8) is 0 Å². The molecule has 0 saturated carbocycles. The number of hydrogen-bond donors (Lipinski definition) is 3. The van der Waals surface area contributed by atoms with Crippen LogP contribution in [0.2, 0.25) is 0 Å². The Morgan fingerprint density at radius 1 is 1.02 bits per heavy atom. The second-order valence-corrected chi connectivity index (χ2v) is 10.3. The molecule has 1 aliphatic rings. The van der Waals surface area contributed by atoms with Crippen molar-refractivity contribution in [3.8, 4) is 10.6 Å². The van der Waals surface area contributed by atoms with Crippen LogP contribution in [0.4, 0.5) is 30.1 Å². The van der Waals surface area contributed by atoms with E-state index in [1.165, 1.54) is 18.9 Å². The van der Waals surface area contributed by atoms with Crippen molar-refractivity contribution in [1.29, 1.82) is 0 Å². The maximum Gasteiger partial charge on any atom is 0.404 e. The molecule has 5 N–H and O–H groups in total. The highest BCUT2D eigenvalue weighted by atomic mass is 32.1. The lowest BCUT2D eigenvalue weighted by molar-refractivity contribution is 0.102. The first kappa shape index (κ1) is 29.5. The Balaban J connectivity index is 0.000000296. The van der Waals surface area contributed by atoms with Gasteiger partial charge in [-0.25, -0.2) is 18.6 Å². The molecule has 0 aliphatic carbocycles. The third kappa shape index (κ3) is 7.57. The molecule has 1 saturated heterocycles. The van der Waals surface area contributed by atoms with E-state index in [0.29, 0.717) is 5.69 Å². The first-order valence-corrected chi connectivity index (χ1v) is 13.8. The SMILES string of the molecule is Cn1ncc(NC(=O)c2nc(-c3c(F)cccc3F)sc2N)c1N1CCCCCC1.NC(=O)OCc1ccccc1.